The maximum absolute atomic E-state index is 11.8. The van der Waals surface area contributed by atoms with E-state index in [1.165, 1.54) is 11.9 Å². The van der Waals surface area contributed by atoms with Crippen LogP contribution in [-0.4, -0.2) is 44.6 Å². The third-order valence-corrected chi connectivity index (χ3v) is 2.78. The third-order valence-electron chi connectivity index (χ3n) is 2.78. The van der Waals surface area contributed by atoms with Crippen LogP contribution >= 0.6 is 0 Å². The molecular weight excluding hydrogens is 236 g/mol. The summed E-state index contributed by atoms with van der Waals surface area (Å²) in [5, 5.41) is 11.6. The highest BCUT2D eigenvalue weighted by atomic mass is 16.4. The van der Waals surface area contributed by atoms with Crippen molar-refractivity contribution >= 4 is 12.0 Å². The standard InChI is InChI=1S/C11H18N4O3/c1-4-8(10(16)17)15(3)11(18)13-7-9-12-5-6-14(9)2/h5-6,8H,4,7H2,1-3H3,(H,13,18)(H,16,17). The van der Waals surface area contributed by atoms with E-state index < -0.39 is 18.0 Å². The zero-order valence-electron chi connectivity index (χ0n) is 10.8. The molecule has 0 aromatic carbocycles. The normalized spacial score (nSPS) is 11.9. The second-order valence-corrected chi connectivity index (χ2v) is 3.99. The van der Waals surface area contributed by atoms with Crippen LogP contribution in [0.15, 0.2) is 12.4 Å². The summed E-state index contributed by atoms with van der Waals surface area (Å²) in [6.07, 6.45) is 3.77. The van der Waals surface area contributed by atoms with Crippen LogP contribution in [0.25, 0.3) is 0 Å². The van der Waals surface area contributed by atoms with Gasteiger partial charge in [0.05, 0.1) is 6.54 Å². The monoisotopic (exact) mass is 254 g/mol. The van der Waals surface area contributed by atoms with Crippen molar-refractivity contribution in [2.24, 2.45) is 7.05 Å². The number of carboxylic acid groups (broad SMARTS) is 1. The molecule has 0 fully saturated rings. The lowest BCUT2D eigenvalue weighted by Crippen LogP contribution is -2.46. The number of rotatable bonds is 5. The van der Waals surface area contributed by atoms with Gasteiger partial charge in [-0.3, -0.25) is 0 Å². The lowest BCUT2D eigenvalue weighted by molar-refractivity contribution is -0.141. The predicted octanol–water partition coefficient (Wildman–Crippen LogP) is 0.425. The van der Waals surface area contributed by atoms with E-state index >= 15 is 0 Å². The summed E-state index contributed by atoms with van der Waals surface area (Å²) in [5.41, 5.74) is 0. The fraction of sp³-hybridized carbons (Fsp3) is 0.545. The van der Waals surface area contributed by atoms with E-state index in [4.69, 9.17) is 5.11 Å². The Morgan fingerprint density at radius 1 is 1.61 bits per heavy atom. The summed E-state index contributed by atoms with van der Waals surface area (Å²) in [5.74, 6) is -0.299. The first-order chi connectivity index (χ1) is 8.47. The number of urea groups is 1. The molecule has 0 aliphatic carbocycles. The lowest BCUT2D eigenvalue weighted by Gasteiger charge is -2.23. The van der Waals surface area contributed by atoms with Crippen molar-refractivity contribution in [3.8, 4) is 0 Å². The second kappa shape index (κ2) is 6.04. The van der Waals surface area contributed by atoms with Crippen molar-refractivity contribution < 1.29 is 14.7 Å². The maximum atomic E-state index is 11.8. The summed E-state index contributed by atoms with van der Waals surface area (Å²) in [7, 11) is 3.29. The average molecular weight is 254 g/mol. The van der Waals surface area contributed by atoms with E-state index in [-0.39, 0.29) is 6.54 Å². The molecule has 0 aliphatic heterocycles. The molecule has 7 heteroatoms. The molecule has 1 atom stereocenters. The van der Waals surface area contributed by atoms with Crippen molar-refractivity contribution in [3.63, 3.8) is 0 Å². The number of aromatic nitrogens is 2. The highest BCUT2D eigenvalue weighted by Crippen LogP contribution is 2.03. The maximum Gasteiger partial charge on any atom is 0.326 e. The van der Waals surface area contributed by atoms with Crippen LogP contribution in [0, 0.1) is 0 Å². The molecule has 0 aliphatic rings. The summed E-state index contributed by atoms with van der Waals surface area (Å²) < 4.78 is 1.79. The van der Waals surface area contributed by atoms with Crippen molar-refractivity contribution in [3.05, 3.63) is 18.2 Å². The molecule has 0 spiro atoms. The van der Waals surface area contributed by atoms with Crippen LogP contribution in [-0.2, 0) is 18.4 Å². The van der Waals surface area contributed by atoms with Gasteiger partial charge in [0.25, 0.3) is 0 Å². The smallest absolute Gasteiger partial charge is 0.326 e. The van der Waals surface area contributed by atoms with Gasteiger partial charge in [-0.25, -0.2) is 14.6 Å². The van der Waals surface area contributed by atoms with E-state index in [1.54, 1.807) is 23.9 Å². The summed E-state index contributed by atoms with van der Waals surface area (Å²) >= 11 is 0. The molecule has 0 radical (unpaired) electrons. The van der Waals surface area contributed by atoms with Gasteiger partial charge in [0.15, 0.2) is 0 Å². The minimum Gasteiger partial charge on any atom is -0.480 e. The average Bonchev–Trinajstić information content (AvgIpc) is 2.72. The second-order valence-electron chi connectivity index (χ2n) is 3.99. The summed E-state index contributed by atoms with van der Waals surface area (Å²) in [4.78, 5) is 27.9. The molecule has 1 aromatic heterocycles. The van der Waals surface area contributed by atoms with E-state index in [0.717, 1.165) is 0 Å². The van der Waals surface area contributed by atoms with E-state index in [0.29, 0.717) is 12.2 Å². The van der Waals surface area contributed by atoms with Gasteiger partial charge in [-0.1, -0.05) is 6.92 Å². The number of carbonyl (C=O) groups excluding carboxylic acids is 1. The minimum absolute atomic E-state index is 0.267. The number of nitrogens with zero attached hydrogens (tertiary/aromatic N) is 3. The first-order valence-electron chi connectivity index (χ1n) is 5.67. The SMILES string of the molecule is CCC(C(=O)O)N(C)C(=O)NCc1nccn1C. The summed E-state index contributed by atoms with van der Waals surface area (Å²) in [6.45, 7) is 1.99. The Morgan fingerprint density at radius 2 is 2.28 bits per heavy atom. The molecule has 100 valence electrons. The fourth-order valence-corrected chi connectivity index (χ4v) is 1.60. The molecule has 2 N–H and O–H groups in total. The van der Waals surface area contributed by atoms with Crippen LogP contribution in [0.5, 0.6) is 0 Å². The number of aryl methyl sites for hydroxylation is 1. The van der Waals surface area contributed by atoms with Crippen molar-refractivity contribution in [2.45, 2.75) is 25.9 Å². The van der Waals surface area contributed by atoms with E-state index in [2.05, 4.69) is 10.3 Å². The van der Waals surface area contributed by atoms with E-state index in [9.17, 15) is 9.59 Å². The van der Waals surface area contributed by atoms with Gasteiger partial charge in [-0.2, -0.15) is 0 Å². The largest absolute Gasteiger partial charge is 0.480 e. The number of carboxylic acids is 1. The molecule has 1 unspecified atom stereocenters. The van der Waals surface area contributed by atoms with Crippen LogP contribution in [0.2, 0.25) is 0 Å². The number of hydrogen-bond donors (Lipinski definition) is 2. The molecule has 0 saturated carbocycles. The number of hydrogen-bond acceptors (Lipinski definition) is 3. The Morgan fingerprint density at radius 3 is 2.72 bits per heavy atom. The van der Waals surface area contributed by atoms with Crippen LogP contribution < -0.4 is 5.32 Å². The summed E-state index contributed by atoms with van der Waals surface area (Å²) in [6, 6.07) is -1.24. The first kappa shape index (κ1) is 14.0. The molecule has 0 saturated heterocycles. The predicted molar refractivity (Wildman–Crippen MR) is 64.9 cm³/mol. The van der Waals surface area contributed by atoms with Gasteiger partial charge in [-0.15, -0.1) is 0 Å². The molecule has 1 rings (SSSR count). The zero-order valence-corrected chi connectivity index (χ0v) is 10.8. The number of amides is 2. The fourth-order valence-electron chi connectivity index (χ4n) is 1.60. The van der Waals surface area contributed by atoms with Crippen molar-refractivity contribution in [1.29, 1.82) is 0 Å². The molecule has 2 amide bonds. The van der Waals surface area contributed by atoms with Gasteiger partial charge in [0.2, 0.25) is 0 Å². The minimum atomic E-state index is -1.01. The topological polar surface area (TPSA) is 87.5 Å². The Kier molecular flexibility index (Phi) is 4.70. The van der Waals surface area contributed by atoms with Gasteiger partial charge in [-0.05, 0) is 6.42 Å². The Bertz CT molecular complexity index is 430. The number of imidazole rings is 1. The Balaban J connectivity index is 2.55. The number of aliphatic carboxylic acids is 1. The molecule has 1 heterocycles. The van der Waals surface area contributed by atoms with Crippen LogP contribution in [0.1, 0.15) is 19.2 Å². The lowest BCUT2D eigenvalue weighted by atomic mass is 10.2. The number of likely N-dealkylation sites (N-methyl/N-ethyl adjacent to an activating group) is 1. The molecule has 7 nitrogen and oxygen atoms in total. The van der Waals surface area contributed by atoms with Crippen molar-refractivity contribution in [2.75, 3.05) is 7.05 Å². The molecule has 18 heavy (non-hydrogen) atoms. The van der Waals surface area contributed by atoms with Gasteiger partial charge in [0.1, 0.15) is 11.9 Å². The molecular formula is C11H18N4O3. The highest BCUT2D eigenvalue weighted by Gasteiger charge is 2.24. The van der Waals surface area contributed by atoms with Gasteiger partial charge >= 0.3 is 12.0 Å². The zero-order chi connectivity index (χ0) is 13.7. The molecule has 1 aromatic rings. The quantitative estimate of drug-likeness (QED) is 0.797. The first-order valence-corrected chi connectivity index (χ1v) is 5.67. The van der Waals surface area contributed by atoms with Gasteiger partial charge in [0, 0.05) is 26.5 Å². The Labute approximate surface area is 105 Å². The third kappa shape index (κ3) is 3.22. The number of carbonyl (C=O) groups is 2. The van der Waals surface area contributed by atoms with Crippen molar-refractivity contribution in [1.82, 2.24) is 19.8 Å². The molecule has 0 bridgehead atoms. The number of nitrogens with one attached hydrogen (secondary N) is 1. The Hall–Kier alpha value is -2.05. The van der Waals surface area contributed by atoms with Gasteiger partial charge < -0.3 is 19.9 Å². The highest BCUT2D eigenvalue weighted by molar-refractivity contribution is 5.82. The van der Waals surface area contributed by atoms with E-state index in [1.807, 2.05) is 7.05 Å². The van der Waals surface area contributed by atoms with Crippen LogP contribution in [0.3, 0.4) is 0 Å². The van der Waals surface area contributed by atoms with Crippen LogP contribution in [0.4, 0.5) is 4.79 Å².